The molecule has 0 aliphatic carbocycles. The zero-order valence-electron chi connectivity index (χ0n) is 8.49. The van der Waals surface area contributed by atoms with Crippen molar-refractivity contribution in [3.8, 4) is 11.5 Å². The number of rotatable bonds is 3. The summed E-state index contributed by atoms with van der Waals surface area (Å²) in [7, 11) is 0. The van der Waals surface area contributed by atoms with E-state index in [-0.39, 0.29) is 0 Å². The number of hydrogen-bond donors (Lipinski definition) is 0. The summed E-state index contributed by atoms with van der Waals surface area (Å²) in [5.74, 6) is 2.09. The summed E-state index contributed by atoms with van der Waals surface area (Å²) in [6, 6.07) is 15.5. The van der Waals surface area contributed by atoms with Crippen molar-refractivity contribution in [2.24, 2.45) is 0 Å². The molecule has 0 saturated heterocycles. The minimum absolute atomic E-state index is 0.465. The number of halogens is 2. The molecule has 2 aromatic carbocycles. The van der Waals surface area contributed by atoms with Crippen molar-refractivity contribution in [2.75, 3.05) is 0 Å². The lowest BCUT2D eigenvalue weighted by atomic mass is 10.2. The Bertz CT molecular complexity index is 471. The molecule has 2 aromatic rings. The van der Waals surface area contributed by atoms with Crippen LogP contribution in [-0.4, -0.2) is 0 Å². The number of hydrogen-bond acceptors (Lipinski definition) is 1. The maximum absolute atomic E-state index is 5.82. The third-order valence-electron chi connectivity index (χ3n) is 2.14. The molecule has 0 aliphatic rings. The minimum atomic E-state index is 0.465. The fraction of sp³-hybridized carbons (Fsp3) is 0.0769. The van der Waals surface area contributed by atoms with E-state index in [1.165, 1.54) is 0 Å². The van der Waals surface area contributed by atoms with Gasteiger partial charge < -0.3 is 4.74 Å². The molecule has 0 spiro atoms. The van der Waals surface area contributed by atoms with Crippen LogP contribution in [0.4, 0.5) is 0 Å². The SMILES string of the molecule is ClCc1cc(Oc2ccccc2)ccc1Br. The predicted octanol–water partition coefficient (Wildman–Crippen LogP) is 4.98. The van der Waals surface area contributed by atoms with E-state index in [2.05, 4.69) is 15.9 Å². The van der Waals surface area contributed by atoms with Crippen LogP contribution in [0.15, 0.2) is 53.0 Å². The van der Waals surface area contributed by atoms with E-state index in [0.717, 1.165) is 21.5 Å². The maximum atomic E-state index is 5.82. The highest BCUT2D eigenvalue weighted by molar-refractivity contribution is 9.10. The largest absolute Gasteiger partial charge is 0.457 e. The van der Waals surface area contributed by atoms with E-state index in [0.29, 0.717) is 5.88 Å². The maximum Gasteiger partial charge on any atom is 0.127 e. The monoisotopic (exact) mass is 296 g/mol. The van der Waals surface area contributed by atoms with Crippen molar-refractivity contribution >= 4 is 27.5 Å². The van der Waals surface area contributed by atoms with Crippen LogP contribution in [0.2, 0.25) is 0 Å². The fourth-order valence-corrected chi connectivity index (χ4v) is 2.11. The Kier molecular flexibility index (Phi) is 3.86. The van der Waals surface area contributed by atoms with E-state index >= 15 is 0 Å². The first-order valence-electron chi connectivity index (χ1n) is 4.87. The molecule has 82 valence electrons. The second-order valence-corrected chi connectivity index (χ2v) is 4.42. The first-order valence-corrected chi connectivity index (χ1v) is 6.19. The first-order chi connectivity index (χ1) is 7.79. The quantitative estimate of drug-likeness (QED) is 0.726. The standard InChI is InChI=1S/C13H10BrClO/c14-13-7-6-12(8-10(13)9-15)16-11-4-2-1-3-5-11/h1-8H,9H2. The molecular formula is C13H10BrClO. The molecule has 0 fully saturated rings. The Balaban J connectivity index is 2.22. The van der Waals surface area contributed by atoms with Gasteiger partial charge in [0.05, 0.1) is 0 Å². The molecule has 0 radical (unpaired) electrons. The Morgan fingerprint density at radius 3 is 2.44 bits per heavy atom. The highest BCUT2D eigenvalue weighted by Crippen LogP contribution is 2.27. The van der Waals surface area contributed by atoms with Crippen molar-refractivity contribution in [1.29, 1.82) is 0 Å². The second-order valence-electron chi connectivity index (χ2n) is 3.30. The molecule has 0 aliphatic heterocycles. The molecule has 0 unspecified atom stereocenters. The molecule has 0 amide bonds. The van der Waals surface area contributed by atoms with Gasteiger partial charge in [-0.25, -0.2) is 0 Å². The molecule has 2 rings (SSSR count). The summed E-state index contributed by atoms with van der Waals surface area (Å²) in [6.45, 7) is 0. The molecule has 0 aromatic heterocycles. The predicted molar refractivity (Wildman–Crippen MR) is 70.2 cm³/mol. The molecular weight excluding hydrogens is 287 g/mol. The average molecular weight is 298 g/mol. The zero-order valence-corrected chi connectivity index (χ0v) is 10.8. The lowest BCUT2D eigenvalue weighted by Gasteiger charge is -2.07. The van der Waals surface area contributed by atoms with E-state index in [1.54, 1.807) is 0 Å². The number of ether oxygens (including phenoxy) is 1. The Hall–Kier alpha value is -0.990. The third kappa shape index (κ3) is 2.77. The normalized spacial score (nSPS) is 10.1. The molecule has 0 bridgehead atoms. The average Bonchev–Trinajstić information content (AvgIpc) is 2.33. The van der Waals surface area contributed by atoms with Crippen molar-refractivity contribution in [3.63, 3.8) is 0 Å². The van der Waals surface area contributed by atoms with Gasteiger partial charge in [0.25, 0.3) is 0 Å². The number of benzene rings is 2. The summed E-state index contributed by atoms with van der Waals surface area (Å²) in [5.41, 5.74) is 1.02. The molecule has 3 heteroatoms. The van der Waals surface area contributed by atoms with Crippen LogP contribution in [0, 0.1) is 0 Å². The van der Waals surface area contributed by atoms with Crippen LogP contribution >= 0.6 is 27.5 Å². The van der Waals surface area contributed by atoms with Crippen molar-refractivity contribution in [1.82, 2.24) is 0 Å². The third-order valence-corrected chi connectivity index (χ3v) is 3.20. The van der Waals surface area contributed by atoms with E-state index in [1.807, 2.05) is 48.5 Å². The van der Waals surface area contributed by atoms with Gasteiger partial charge in [0.1, 0.15) is 11.5 Å². The summed E-state index contributed by atoms with van der Waals surface area (Å²) in [6.07, 6.45) is 0. The van der Waals surface area contributed by atoms with Gasteiger partial charge in [-0.1, -0.05) is 34.1 Å². The van der Waals surface area contributed by atoms with Crippen LogP contribution in [0.1, 0.15) is 5.56 Å². The van der Waals surface area contributed by atoms with E-state index < -0.39 is 0 Å². The summed E-state index contributed by atoms with van der Waals surface area (Å²) in [4.78, 5) is 0. The van der Waals surface area contributed by atoms with E-state index in [4.69, 9.17) is 16.3 Å². The van der Waals surface area contributed by atoms with Gasteiger partial charge >= 0.3 is 0 Å². The Morgan fingerprint density at radius 2 is 1.75 bits per heavy atom. The van der Waals surface area contributed by atoms with Gasteiger partial charge in [-0.05, 0) is 35.9 Å². The van der Waals surface area contributed by atoms with Gasteiger partial charge in [-0.3, -0.25) is 0 Å². The summed E-state index contributed by atoms with van der Waals surface area (Å²) in [5, 5.41) is 0. The van der Waals surface area contributed by atoms with E-state index in [9.17, 15) is 0 Å². The molecule has 1 nitrogen and oxygen atoms in total. The van der Waals surface area contributed by atoms with Crippen LogP contribution in [0.3, 0.4) is 0 Å². The smallest absolute Gasteiger partial charge is 0.127 e. The second kappa shape index (κ2) is 5.37. The molecule has 16 heavy (non-hydrogen) atoms. The van der Waals surface area contributed by atoms with Crippen molar-refractivity contribution in [3.05, 3.63) is 58.6 Å². The van der Waals surface area contributed by atoms with Crippen LogP contribution < -0.4 is 4.74 Å². The van der Waals surface area contributed by atoms with Crippen LogP contribution in [0.5, 0.6) is 11.5 Å². The zero-order chi connectivity index (χ0) is 11.4. The Labute approximate surface area is 108 Å². The molecule has 0 saturated carbocycles. The molecule has 0 N–H and O–H groups in total. The van der Waals surface area contributed by atoms with Gasteiger partial charge in [-0.15, -0.1) is 11.6 Å². The molecule has 0 heterocycles. The van der Waals surface area contributed by atoms with Crippen LogP contribution in [0.25, 0.3) is 0 Å². The lowest BCUT2D eigenvalue weighted by Crippen LogP contribution is -1.86. The summed E-state index contributed by atoms with van der Waals surface area (Å²) >= 11 is 9.26. The van der Waals surface area contributed by atoms with Crippen molar-refractivity contribution in [2.45, 2.75) is 5.88 Å². The fourth-order valence-electron chi connectivity index (χ4n) is 1.34. The first kappa shape index (κ1) is 11.5. The van der Waals surface area contributed by atoms with Gasteiger partial charge in [-0.2, -0.15) is 0 Å². The number of para-hydroxylation sites is 1. The summed E-state index contributed by atoms with van der Waals surface area (Å²) < 4.78 is 6.70. The van der Waals surface area contributed by atoms with Crippen LogP contribution in [-0.2, 0) is 5.88 Å². The van der Waals surface area contributed by atoms with Gasteiger partial charge in [0.15, 0.2) is 0 Å². The van der Waals surface area contributed by atoms with Gasteiger partial charge in [0.2, 0.25) is 0 Å². The Morgan fingerprint density at radius 1 is 1.00 bits per heavy atom. The molecule has 0 atom stereocenters. The van der Waals surface area contributed by atoms with Gasteiger partial charge in [0, 0.05) is 10.4 Å². The topological polar surface area (TPSA) is 9.23 Å². The minimum Gasteiger partial charge on any atom is -0.457 e. The highest BCUT2D eigenvalue weighted by Gasteiger charge is 2.02. The highest BCUT2D eigenvalue weighted by atomic mass is 79.9. The lowest BCUT2D eigenvalue weighted by molar-refractivity contribution is 0.482. The van der Waals surface area contributed by atoms with Crippen molar-refractivity contribution < 1.29 is 4.74 Å². The number of alkyl halides is 1.